The van der Waals surface area contributed by atoms with Crippen molar-refractivity contribution in [2.24, 2.45) is 0 Å². The van der Waals surface area contributed by atoms with E-state index in [1.54, 1.807) is 24.3 Å². The normalized spacial score (nSPS) is 13.3. The van der Waals surface area contributed by atoms with E-state index >= 15 is 0 Å². The Morgan fingerprint density at radius 1 is 0.545 bits per heavy atom. The molecule has 0 bridgehead atoms. The molecule has 0 fully saturated rings. The van der Waals surface area contributed by atoms with Gasteiger partial charge in [0.25, 0.3) is 0 Å². The van der Waals surface area contributed by atoms with Gasteiger partial charge in [-0.3, -0.25) is 0 Å². The van der Waals surface area contributed by atoms with Crippen LogP contribution in [-0.4, -0.2) is 9.79 Å². The first-order chi connectivity index (χ1) is 10.6. The summed E-state index contributed by atoms with van der Waals surface area (Å²) in [6.07, 6.45) is -4.32. The summed E-state index contributed by atoms with van der Waals surface area (Å²) in [4.78, 5) is 23.9. The Labute approximate surface area is 134 Å². The van der Waals surface area contributed by atoms with Crippen molar-refractivity contribution in [2.75, 3.05) is 0 Å². The van der Waals surface area contributed by atoms with E-state index in [0.29, 0.717) is 10.6 Å². The summed E-state index contributed by atoms with van der Waals surface area (Å²) in [5.41, 5.74) is 0. The van der Waals surface area contributed by atoms with Crippen LogP contribution in [0.5, 0.6) is 0 Å². The van der Waals surface area contributed by atoms with Crippen molar-refractivity contribution in [2.45, 2.75) is 4.90 Å². The van der Waals surface area contributed by atoms with Crippen LogP contribution >= 0.6 is 17.6 Å². The van der Waals surface area contributed by atoms with E-state index in [-0.39, 0.29) is 0 Å². The Hall–Kier alpha value is -1.64. The number of hydrogen-bond acceptors (Lipinski definition) is 3. The summed E-state index contributed by atoms with van der Waals surface area (Å²) in [7, 11) is 0. The molecular formula is C18H17O2PS. The second-order valence-electron chi connectivity index (χ2n) is 5.02. The van der Waals surface area contributed by atoms with Gasteiger partial charge in [-0.1, -0.05) is 0 Å². The Morgan fingerprint density at radius 2 is 0.909 bits per heavy atom. The molecule has 0 aliphatic heterocycles. The monoisotopic (exact) mass is 328 g/mol. The van der Waals surface area contributed by atoms with Crippen LogP contribution in [0.2, 0.25) is 0 Å². The van der Waals surface area contributed by atoms with Crippen molar-refractivity contribution in [1.29, 1.82) is 0 Å². The molecule has 112 valence electrons. The average Bonchev–Trinajstić information content (AvgIpc) is 2.57. The maximum absolute atomic E-state index is 11.5. The number of rotatable bonds is 4. The fourth-order valence-corrected chi connectivity index (χ4v) is 7.86. The molecule has 3 rings (SSSR count). The van der Waals surface area contributed by atoms with Crippen LogP contribution in [-0.2, 0) is 0 Å². The summed E-state index contributed by atoms with van der Waals surface area (Å²) in [5, 5.41) is 1.10. The van der Waals surface area contributed by atoms with E-state index in [1.165, 1.54) is 0 Å². The molecule has 0 aliphatic rings. The van der Waals surface area contributed by atoms with E-state index in [1.807, 2.05) is 66.7 Å². The molecule has 3 aromatic rings. The molecule has 2 N–H and O–H groups in total. The SMILES string of the molecule is OP(O)(Sc1ccccc1)(c1ccccc1)c1ccccc1. The molecule has 0 atom stereocenters. The molecule has 0 aliphatic carbocycles. The Morgan fingerprint density at radius 3 is 1.32 bits per heavy atom. The summed E-state index contributed by atoms with van der Waals surface area (Å²) >= 11 is 1.14. The Balaban J connectivity index is 2.19. The van der Waals surface area contributed by atoms with Gasteiger partial charge in [0.15, 0.2) is 0 Å². The molecule has 0 heterocycles. The zero-order chi connectivity index (χ0) is 15.5. The molecule has 22 heavy (non-hydrogen) atoms. The maximum atomic E-state index is 11.5. The van der Waals surface area contributed by atoms with Gasteiger partial charge in [-0.25, -0.2) is 0 Å². The predicted molar refractivity (Wildman–Crippen MR) is 95.8 cm³/mol. The van der Waals surface area contributed by atoms with Crippen LogP contribution in [0.4, 0.5) is 0 Å². The minimum absolute atomic E-state index is 0.550. The molecular weight excluding hydrogens is 311 g/mol. The molecule has 0 aromatic heterocycles. The molecule has 0 saturated heterocycles. The Kier molecular flexibility index (Phi) is 4.07. The molecule has 2 nitrogen and oxygen atoms in total. The second-order valence-corrected chi connectivity index (χ2v) is 11.2. The third-order valence-electron chi connectivity index (χ3n) is 3.46. The first kappa shape index (κ1) is 15.3. The summed E-state index contributed by atoms with van der Waals surface area (Å²) < 4.78 is 0. The quantitative estimate of drug-likeness (QED) is 0.717. The van der Waals surface area contributed by atoms with Gasteiger partial charge in [0.2, 0.25) is 0 Å². The van der Waals surface area contributed by atoms with Gasteiger partial charge in [0.1, 0.15) is 0 Å². The first-order valence-corrected chi connectivity index (χ1v) is 10.5. The van der Waals surface area contributed by atoms with Crippen molar-refractivity contribution in [3.63, 3.8) is 0 Å². The van der Waals surface area contributed by atoms with E-state index in [4.69, 9.17) is 0 Å². The molecule has 4 heteroatoms. The van der Waals surface area contributed by atoms with Crippen LogP contribution < -0.4 is 10.6 Å². The van der Waals surface area contributed by atoms with Crippen molar-refractivity contribution < 1.29 is 9.79 Å². The first-order valence-electron chi connectivity index (χ1n) is 6.97. The van der Waals surface area contributed by atoms with Crippen LogP contribution in [0.1, 0.15) is 0 Å². The zero-order valence-corrected chi connectivity index (χ0v) is 13.6. The third kappa shape index (κ3) is 2.81. The topological polar surface area (TPSA) is 40.5 Å². The van der Waals surface area contributed by atoms with Crippen LogP contribution in [0.3, 0.4) is 0 Å². The molecule has 0 radical (unpaired) electrons. The summed E-state index contributed by atoms with van der Waals surface area (Å²) in [6, 6.07) is 27.7. The summed E-state index contributed by atoms with van der Waals surface area (Å²) in [6.45, 7) is 0. The van der Waals surface area contributed by atoms with Crippen molar-refractivity contribution in [1.82, 2.24) is 0 Å². The summed E-state index contributed by atoms with van der Waals surface area (Å²) in [5.74, 6) is 0. The molecule has 0 saturated carbocycles. The molecule has 3 aromatic carbocycles. The molecule has 0 unspecified atom stereocenters. The second kappa shape index (κ2) is 5.86. The van der Waals surface area contributed by atoms with Gasteiger partial charge in [-0.15, -0.1) is 0 Å². The van der Waals surface area contributed by atoms with E-state index in [0.717, 1.165) is 16.3 Å². The Bertz CT molecular complexity index is 702. The minimum atomic E-state index is -4.32. The van der Waals surface area contributed by atoms with Gasteiger partial charge in [0.05, 0.1) is 0 Å². The zero-order valence-electron chi connectivity index (χ0n) is 11.9. The van der Waals surface area contributed by atoms with Gasteiger partial charge in [0, 0.05) is 0 Å². The predicted octanol–water partition coefficient (Wildman–Crippen LogP) is 3.71. The van der Waals surface area contributed by atoms with Crippen LogP contribution in [0.25, 0.3) is 0 Å². The van der Waals surface area contributed by atoms with Crippen molar-refractivity contribution in [3.05, 3.63) is 91.0 Å². The van der Waals surface area contributed by atoms with E-state index in [9.17, 15) is 9.79 Å². The number of benzene rings is 3. The van der Waals surface area contributed by atoms with Crippen LogP contribution in [0, 0.1) is 0 Å². The van der Waals surface area contributed by atoms with E-state index < -0.39 is 6.26 Å². The standard InChI is InChI=1S/C18H17O2PS/c19-21(20,16-10-4-1-5-11-16,17-12-6-2-7-13-17)22-18-14-8-3-9-15-18/h1-15,19-20H. The number of hydrogen-bond donors (Lipinski definition) is 2. The van der Waals surface area contributed by atoms with Crippen LogP contribution in [0.15, 0.2) is 95.9 Å². The van der Waals surface area contributed by atoms with Gasteiger partial charge in [-0.2, -0.15) is 0 Å². The molecule has 0 amide bonds. The fraction of sp³-hybridized carbons (Fsp3) is 0. The molecule has 0 spiro atoms. The van der Waals surface area contributed by atoms with Crippen molar-refractivity contribution in [3.8, 4) is 0 Å². The van der Waals surface area contributed by atoms with Crippen molar-refractivity contribution >= 4 is 28.2 Å². The average molecular weight is 328 g/mol. The van der Waals surface area contributed by atoms with Gasteiger partial charge < -0.3 is 0 Å². The fourth-order valence-electron chi connectivity index (χ4n) is 2.33. The third-order valence-corrected chi connectivity index (χ3v) is 9.69. The van der Waals surface area contributed by atoms with E-state index in [2.05, 4.69) is 0 Å². The van der Waals surface area contributed by atoms with Gasteiger partial charge >= 0.3 is 134 Å². The van der Waals surface area contributed by atoms with Gasteiger partial charge in [-0.05, 0) is 0 Å².